The van der Waals surface area contributed by atoms with Crippen molar-refractivity contribution in [1.29, 1.82) is 0 Å². The Morgan fingerprint density at radius 1 is 1.20 bits per heavy atom. The van der Waals surface area contributed by atoms with Crippen molar-refractivity contribution in [2.24, 2.45) is 0 Å². The summed E-state index contributed by atoms with van der Waals surface area (Å²) in [6.45, 7) is 1.97. The summed E-state index contributed by atoms with van der Waals surface area (Å²) in [6, 6.07) is 6.95. The second-order valence-electron chi connectivity index (χ2n) is 5.96. The van der Waals surface area contributed by atoms with Gasteiger partial charge in [0.1, 0.15) is 5.75 Å². The zero-order chi connectivity index (χ0) is 13.7. The molecule has 106 valence electrons. The highest BCUT2D eigenvalue weighted by Crippen LogP contribution is 2.41. The molecule has 0 saturated carbocycles. The van der Waals surface area contributed by atoms with Crippen LogP contribution in [0.2, 0.25) is 0 Å². The first-order chi connectivity index (χ1) is 9.78. The van der Waals surface area contributed by atoms with Gasteiger partial charge in [-0.05, 0) is 42.5 Å². The van der Waals surface area contributed by atoms with Gasteiger partial charge in [0, 0.05) is 25.6 Å². The van der Waals surface area contributed by atoms with Crippen molar-refractivity contribution in [3.05, 3.63) is 29.3 Å². The highest BCUT2D eigenvalue weighted by Gasteiger charge is 2.43. The third-order valence-corrected chi connectivity index (χ3v) is 5.07. The zero-order valence-electron chi connectivity index (χ0n) is 11.8. The van der Waals surface area contributed by atoms with Crippen LogP contribution in [0, 0.1) is 0 Å². The van der Waals surface area contributed by atoms with Crippen molar-refractivity contribution in [2.75, 3.05) is 20.2 Å². The number of amides is 1. The molecular formula is C16H20N2O2. The molecule has 0 aromatic heterocycles. The summed E-state index contributed by atoms with van der Waals surface area (Å²) in [5.41, 5.74) is 2.86. The minimum absolute atomic E-state index is 0.342. The number of rotatable bonds is 1. The van der Waals surface area contributed by atoms with E-state index in [1.807, 2.05) is 0 Å². The molecule has 3 aliphatic rings. The number of nitrogens with zero attached hydrogens (tertiary/aromatic N) is 2. The number of hydrogen-bond donors (Lipinski definition) is 0. The molecule has 1 aromatic carbocycles. The van der Waals surface area contributed by atoms with E-state index in [0.29, 0.717) is 18.1 Å². The third kappa shape index (κ3) is 1.67. The molecule has 4 heteroatoms. The lowest BCUT2D eigenvalue weighted by molar-refractivity contribution is -0.135. The lowest BCUT2D eigenvalue weighted by Crippen LogP contribution is -2.54. The van der Waals surface area contributed by atoms with Gasteiger partial charge in [-0.2, -0.15) is 0 Å². The van der Waals surface area contributed by atoms with Gasteiger partial charge >= 0.3 is 0 Å². The summed E-state index contributed by atoms with van der Waals surface area (Å²) in [5.74, 6) is 1.29. The molecule has 2 saturated heterocycles. The Balaban J connectivity index is 1.67. The van der Waals surface area contributed by atoms with E-state index in [4.69, 9.17) is 4.74 Å². The summed E-state index contributed by atoms with van der Waals surface area (Å²) in [7, 11) is 1.72. The van der Waals surface area contributed by atoms with Crippen molar-refractivity contribution in [3.63, 3.8) is 0 Å². The van der Waals surface area contributed by atoms with Crippen LogP contribution in [0.1, 0.15) is 36.4 Å². The Kier molecular flexibility index (Phi) is 2.74. The van der Waals surface area contributed by atoms with Crippen LogP contribution < -0.4 is 4.74 Å². The quantitative estimate of drug-likeness (QED) is 0.783. The van der Waals surface area contributed by atoms with E-state index in [-0.39, 0.29) is 0 Å². The predicted molar refractivity (Wildman–Crippen MR) is 75.5 cm³/mol. The molecule has 20 heavy (non-hydrogen) atoms. The van der Waals surface area contributed by atoms with Crippen LogP contribution in [-0.2, 0) is 11.2 Å². The number of methoxy groups -OCH3 is 1. The fraction of sp³-hybridized carbons (Fsp3) is 0.562. The number of hydrogen-bond acceptors (Lipinski definition) is 3. The lowest BCUT2D eigenvalue weighted by Gasteiger charge is -2.48. The average molecular weight is 272 g/mol. The van der Waals surface area contributed by atoms with Gasteiger partial charge in [0.2, 0.25) is 5.91 Å². The number of benzene rings is 1. The predicted octanol–water partition coefficient (Wildman–Crippen LogP) is 1.95. The van der Waals surface area contributed by atoms with Crippen molar-refractivity contribution in [2.45, 2.75) is 37.9 Å². The number of fused-ring (bicyclic) bond motifs is 5. The van der Waals surface area contributed by atoms with Gasteiger partial charge in [-0.15, -0.1) is 0 Å². The first-order valence-electron chi connectivity index (χ1n) is 7.50. The van der Waals surface area contributed by atoms with Gasteiger partial charge < -0.3 is 9.64 Å². The Hall–Kier alpha value is -1.55. The molecule has 0 unspecified atom stereocenters. The molecule has 2 atom stereocenters. The summed E-state index contributed by atoms with van der Waals surface area (Å²) in [4.78, 5) is 16.5. The van der Waals surface area contributed by atoms with Crippen molar-refractivity contribution in [1.82, 2.24) is 9.80 Å². The van der Waals surface area contributed by atoms with Gasteiger partial charge in [-0.1, -0.05) is 6.07 Å². The summed E-state index contributed by atoms with van der Waals surface area (Å²) in [5, 5.41) is 0. The van der Waals surface area contributed by atoms with E-state index in [1.165, 1.54) is 11.1 Å². The summed E-state index contributed by atoms with van der Waals surface area (Å²) in [6.07, 6.45) is 4.18. The molecule has 0 aliphatic carbocycles. The molecule has 1 amide bonds. The maximum absolute atomic E-state index is 11.9. The first-order valence-corrected chi connectivity index (χ1v) is 7.50. The van der Waals surface area contributed by atoms with E-state index in [1.54, 1.807) is 7.11 Å². The highest BCUT2D eigenvalue weighted by atomic mass is 16.5. The Bertz CT molecular complexity index is 557. The molecule has 4 nitrogen and oxygen atoms in total. The second-order valence-corrected chi connectivity index (χ2v) is 5.96. The van der Waals surface area contributed by atoms with E-state index in [9.17, 15) is 4.79 Å². The van der Waals surface area contributed by atoms with Gasteiger partial charge in [-0.25, -0.2) is 0 Å². The molecule has 4 rings (SSSR count). The van der Waals surface area contributed by atoms with Gasteiger partial charge in [0.25, 0.3) is 0 Å². The fourth-order valence-electron chi connectivity index (χ4n) is 4.11. The monoisotopic (exact) mass is 272 g/mol. The molecule has 0 N–H and O–H groups in total. The number of ether oxygens (including phenoxy) is 1. The van der Waals surface area contributed by atoms with Crippen LogP contribution in [0.15, 0.2) is 18.2 Å². The molecular weight excluding hydrogens is 252 g/mol. The van der Waals surface area contributed by atoms with E-state index in [0.717, 1.165) is 44.5 Å². The SMILES string of the molecule is COc1ccc2c(c1)CCN1[C@@H]2CCN2C(=O)CC[C@@H]21. The van der Waals surface area contributed by atoms with Crippen molar-refractivity contribution >= 4 is 5.91 Å². The minimum atomic E-state index is 0.342. The van der Waals surface area contributed by atoms with Crippen LogP contribution in [-0.4, -0.2) is 42.1 Å². The first kappa shape index (κ1) is 12.2. The summed E-state index contributed by atoms with van der Waals surface area (Å²) < 4.78 is 5.33. The van der Waals surface area contributed by atoms with Crippen LogP contribution in [0.5, 0.6) is 5.75 Å². The Labute approximate surface area is 119 Å². The average Bonchev–Trinajstić information content (AvgIpc) is 2.88. The third-order valence-electron chi connectivity index (χ3n) is 5.07. The Morgan fingerprint density at radius 3 is 2.95 bits per heavy atom. The molecule has 3 aliphatic heterocycles. The van der Waals surface area contributed by atoms with Gasteiger partial charge in [-0.3, -0.25) is 9.69 Å². The highest BCUT2D eigenvalue weighted by molar-refractivity contribution is 5.78. The number of carbonyl (C=O) groups excluding carboxylic acids is 1. The topological polar surface area (TPSA) is 32.8 Å². The summed E-state index contributed by atoms with van der Waals surface area (Å²) >= 11 is 0. The molecule has 3 heterocycles. The second kappa shape index (κ2) is 4.48. The fourth-order valence-corrected chi connectivity index (χ4v) is 4.11. The molecule has 2 fully saturated rings. The maximum atomic E-state index is 11.9. The van der Waals surface area contributed by atoms with E-state index in [2.05, 4.69) is 28.0 Å². The molecule has 0 bridgehead atoms. The minimum Gasteiger partial charge on any atom is -0.497 e. The largest absolute Gasteiger partial charge is 0.497 e. The van der Waals surface area contributed by atoms with Crippen LogP contribution in [0.3, 0.4) is 0 Å². The smallest absolute Gasteiger partial charge is 0.223 e. The van der Waals surface area contributed by atoms with Crippen molar-refractivity contribution < 1.29 is 9.53 Å². The molecule has 0 radical (unpaired) electrons. The molecule has 1 aromatic rings. The Morgan fingerprint density at radius 2 is 2.10 bits per heavy atom. The standard InChI is InChI=1S/C16H20N2O2/c1-20-12-2-3-13-11(10-12)6-8-17-14(13)7-9-18-15(17)4-5-16(18)19/h2-3,10,14-15H,4-9H2,1H3/t14-,15-/m1/s1. The van der Waals surface area contributed by atoms with E-state index < -0.39 is 0 Å². The maximum Gasteiger partial charge on any atom is 0.223 e. The normalized spacial score (nSPS) is 28.9. The van der Waals surface area contributed by atoms with Crippen molar-refractivity contribution in [3.8, 4) is 5.75 Å². The van der Waals surface area contributed by atoms with Crippen LogP contribution in [0.4, 0.5) is 0 Å². The molecule has 0 spiro atoms. The van der Waals surface area contributed by atoms with Crippen LogP contribution >= 0.6 is 0 Å². The lowest BCUT2D eigenvalue weighted by atomic mass is 9.88. The van der Waals surface area contributed by atoms with Gasteiger partial charge in [0.05, 0.1) is 13.3 Å². The van der Waals surface area contributed by atoms with Crippen LogP contribution in [0.25, 0.3) is 0 Å². The zero-order valence-corrected chi connectivity index (χ0v) is 11.8. The van der Waals surface area contributed by atoms with E-state index >= 15 is 0 Å². The van der Waals surface area contributed by atoms with Gasteiger partial charge in [0.15, 0.2) is 0 Å². The number of carbonyl (C=O) groups is 1.